The summed E-state index contributed by atoms with van der Waals surface area (Å²) >= 11 is 0. The van der Waals surface area contributed by atoms with Crippen LogP contribution in [0.4, 0.5) is 0 Å². The number of aromatic hydroxyl groups is 1. The largest absolute Gasteiger partial charge is 0.504 e. The van der Waals surface area contributed by atoms with E-state index in [4.69, 9.17) is 9.47 Å². The summed E-state index contributed by atoms with van der Waals surface area (Å²) < 4.78 is 12.3. The average Bonchev–Trinajstić information content (AvgIpc) is 3.10. The molecule has 0 fully saturated rings. The lowest BCUT2D eigenvalue weighted by atomic mass is 10.1. The molecule has 0 saturated heterocycles. The first-order chi connectivity index (χ1) is 13.1. The highest BCUT2D eigenvalue weighted by Gasteiger charge is 2.15. The number of phenolic OH excluding ortho intramolecular Hbond substituents is 1. The molecule has 0 aliphatic rings. The van der Waals surface area contributed by atoms with Crippen molar-refractivity contribution in [2.45, 2.75) is 6.92 Å². The first-order valence-corrected chi connectivity index (χ1v) is 8.35. The van der Waals surface area contributed by atoms with Crippen molar-refractivity contribution in [2.24, 2.45) is 0 Å². The number of nitrogens with zero attached hydrogens (tertiary/aromatic N) is 4. The fraction of sp³-hybridized carbons (Fsp3) is 0.150. The Balaban J connectivity index is 1.86. The molecular weight excluding hydrogens is 344 g/mol. The number of rotatable bonds is 4. The minimum absolute atomic E-state index is 0.0566. The number of hydrogen-bond acceptors (Lipinski definition) is 6. The second-order valence-electron chi connectivity index (χ2n) is 6.10. The molecule has 0 amide bonds. The van der Waals surface area contributed by atoms with E-state index in [0.29, 0.717) is 28.7 Å². The predicted octanol–water partition coefficient (Wildman–Crippen LogP) is 3.49. The van der Waals surface area contributed by atoms with E-state index in [1.165, 1.54) is 7.11 Å². The van der Waals surface area contributed by atoms with Gasteiger partial charge in [0.05, 0.1) is 25.5 Å². The Bertz CT molecular complexity index is 1140. The Kier molecular flexibility index (Phi) is 4.12. The zero-order chi connectivity index (χ0) is 19.0. The third-order valence-electron chi connectivity index (χ3n) is 4.34. The van der Waals surface area contributed by atoms with Crippen molar-refractivity contribution in [1.82, 2.24) is 19.8 Å². The van der Waals surface area contributed by atoms with Crippen LogP contribution >= 0.6 is 0 Å². The molecule has 2 heterocycles. The zero-order valence-corrected chi connectivity index (χ0v) is 15.2. The summed E-state index contributed by atoms with van der Waals surface area (Å²) in [5, 5.41) is 23.2. The van der Waals surface area contributed by atoms with Gasteiger partial charge < -0.3 is 14.6 Å². The molecule has 27 heavy (non-hydrogen) atoms. The van der Waals surface area contributed by atoms with Gasteiger partial charge in [0, 0.05) is 5.56 Å². The van der Waals surface area contributed by atoms with E-state index in [0.717, 1.165) is 16.7 Å². The van der Waals surface area contributed by atoms with Crippen molar-refractivity contribution in [3.8, 4) is 39.9 Å². The minimum atomic E-state index is 0.0566. The van der Waals surface area contributed by atoms with Crippen molar-refractivity contribution in [3.63, 3.8) is 0 Å². The van der Waals surface area contributed by atoms with Crippen LogP contribution in [-0.4, -0.2) is 39.1 Å². The summed E-state index contributed by atoms with van der Waals surface area (Å²) in [6.07, 6.45) is 0. The van der Waals surface area contributed by atoms with Crippen LogP contribution in [-0.2, 0) is 0 Å². The highest BCUT2D eigenvalue weighted by molar-refractivity contribution is 5.69. The zero-order valence-electron chi connectivity index (χ0n) is 15.2. The quantitative estimate of drug-likeness (QED) is 0.598. The Morgan fingerprint density at radius 3 is 2.44 bits per heavy atom. The molecule has 1 N–H and O–H groups in total. The molecular formula is C20H18N4O3. The lowest BCUT2D eigenvalue weighted by Crippen LogP contribution is -1.99. The van der Waals surface area contributed by atoms with Crippen LogP contribution in [0.1, 0.15) is 5.56 Å². The van der Waals surface area contributed by atoms with Crippen LogP contribution < -0.4 is 9.47 Å². The molecule has 0 aliphatic heterocycles. The van der Waals surface area contributed by atoms with Crippen molar-refractivity contribution in [2.75, 3.05) is 14.2 Å². The van der Waals surface area contributed by atoms with Gasteiger partial charge in [0.1, 0.15) is 5.75 Å². The summed E-state index contributed by atoms with van der Waals surface area (Å²) in [6, 6.07) is 14.7. The second kappa shape index (κ2) is 6.60. The molecule has 0 unspecified atom stereocenters. The maximum Gasteiger partial charge on any atom is 0.189 e. The van der Waals surface area contributed by atoms with E-state index in [1.807, 2.05) is 43.3 Å². The van der Waals surface area contributed by atoms with Gasteiger partial charge in [-0.1, -0.05) is 6.07 Å². The van der Waals surface area contributed by atoms with E-state index in [1.54, 1.807) is 23.8 Å². The summed E-state index contributed by atoms with van der Waals surface area (Å²) in [5.41, 5.74) is 3.94. The molecule has 0 bridgehead atoms. The van der Waals surface area contributed by atoms with Crippen LogP contribution in [0.15, 0.2) is 48.5 Å². The number of fused-ring (bicyclic) bond motifs is 1. The van der Waals surface area contributed by atoms with E-state index < -0.39 is 0 Å². The van der Waals surface area contributed by atoms with Gasteiger partial charge >= 0.3 is 0 Å². The second-order valence-corrected chi connectivity index (χ2v) is 6.10. The average molecular weight is 362 g/mol. The maximum absolute atomic E-state index is 10.1. The summed E-state index contributed by atoms with van der Waals surface area (Å²) in [5.74, 6) is 1.76. The van der Waals surface area contributed by atoms with Gasteiger partial charge in [0.2, 0.25) is 0 Å². The standard InChI is InChI=1S/C20H18N4O3/c1-12-4-6-14(18(10-12)27-3)20-22-21-19-9-7-15(23-24(19)20)13-5-8-17(26-2)16(25)11-13/h4-11,25H,1-3H3. The number of benzene rings is 2. The Morgan fingerprint density at radius 1 is 0.889 bits per heavy atom. The first-order valence-electron chi connectivity index (χ1n) is 8.35. The smallest absolute Gasteiger partial charge is 0.189 e. The molecule has 7 nitrogen and oxygen atoms in total. The van der Waals surface area contributed by atoms with Gasteiger partial charge in [-0.15, -0.1) is 10.2 Å². The van der Waals surface area contributed by atoms with E-state index >= 15 is 0 Å². The fourth-order valence-electron chi connectivity index (χ4n) is 2.94. The van der Waals surface area contributed by atoms with Crippen molar-refractivity contribution in [3.05, 3.63) is 54.1 Å². The number of aryl methyl sites for hydroxylation is 1. The van der Waals surface area contributed by atoms with Gasteiger partial charge in [0.15, 0.2) is 23.0 Å². The SMILES string of the molecule is COc1ccc(-c2ccc3nnc(-c4ccc(C)cc4OC)n3n2)cc1O. The molecule has 2 aromatic carbocycles. The van der Waals surface area contributed by atoms with Crippen LogP contribution in [0.2, 0.25) is 0 Å². The first kappa shape index (κ1) is 16.8. The Morgan fingerprint density at radius 2 is 1.70 bits per heavy atom. The Labute approximate surface area is 155 Å². The molecule has 0 spiro atoms. The normalized spacial score (nSPS) is 10.9. The molecule has 0 atom stereocenters. The third-order valence-corrected chi connectivity index (χ3v) is 4.34. The summed E-state index contributed by atoms with van der Waals surface area (Å²) in [4.78, 5) is 0. The fourth-order valence-corrected chi connectivity index (χ4v) is 2.94. The summed E-state index contributed by atoms with van der Waals surface area (Å²) in [6.45, 7) is 2.00. The van der Waals surface area contributed by atoms with Gasteiger partial charge in [-0.05, 0) is 55.0 Å². The lowest BCUT2D eigenvalue weighted by Gasteiger charge is -2.09. The predicted molar refractivity (Wildman–Crippen MR) is 101 cm³/mol. The number of methoxy groups -OCH3 is 2. The van der Waals surface area contributed by atoms with Crippen molar-refractivity contribution >= 4 is 5.65 Å². The van der Waals surface area contributed by atoms with Gasteiger partial charge in [-0.25, -0.2) is 0 Å². The highest BCUT2D eigenvalue weighted by atomic mass is 16.5. The van der Waals surface area contributed by atoms with Crippen LogP contribution in [0.5, 0.6) is 17.2 Å². The molecule has 2 aromatic heterocycles. The molecule has 4 aromatic rings. The van der Waals surface area contributed by atoms with Crippen molar-refractivity contribution in [1.29, 1.82) is 0 Å². The van der Waals surface area contributed by atoms with Gasteiger partial charge in [-0.2, -0.15) is 9.61 Å². The molecule has 136 valence electrons. The molecule has 4 rings (SSSR count). The highest BCUT2D eigenvalue weighted by Crippen LogP contribution is 2.32. The van der Waals surface area contributed by atoms with Crippen LogP contribution in [0.3, 0.4) is 0 Å². The molecule has 0 saturated carbocycles. The van der Waals surface area contributed by atoms with E-state index in [9.17, 15) is 5.11 Å². The van der Waals surface area contributed by atoms with Crippen LogP contribution in [0.25, 0.3) is 28.3 Å². The van der Waals surface area contributed by atoms with E-state index in [2.05, 4.69) is 15.3 Å². The minimum Gasteiger partial charge on any atom is -0.504 e. The summed E-state index contributed by atoms with van der Waals surface area (Å²) in [7, 11) is 3.14. The maximum atomic E-state index is 10.1. The monoisotopic (exact) mass is 362 g/mol. The number of hydrogen-bond donors (Lipinski definition) is 1. The van der Waals surface area contributed by atoms with E-state index in [-0.39, 0.29) is 5.75 Å². The van der Waals surface area contributed by atoms with Gasteiger partial charge in [0.25, 0.3) is 0 Å². The molecule has 7 heteroatoms. The number of aromatic nitrogens is 4. The molecule has 0 radical (unpaired) electrons. The number of phenols is 1. The van der Waals surface area contributed by atoms with Crippen molar-refractivity contribution < 1.29 is 14.6 Å². The topological polar surface area (TPSA) is 81.8 Å². The molecule has 0 aliphatic carbocycles. The third kappa shape index (κ3) is 2.93. The number of ether oxygens (including phenoxy) is 2. The lowest BCUT2D eigenvalue weighted by molar-refractivity contribution is 0.373. The van der Waals surface area contributed by atoms with Gasteiger partial charge in [-0.3, -0.25) is 0 Å². The van der Waals surface area contributed by atoms with Crippen LogP contribution in [0, 0.1) is 6.92 Å². The Hall–Kier alpha value is -3.61.